The second-order valence-corrected chi connectivity index (χ2v) is 7.54. The number of nitrogens with zero attached hydrogens (tertiary/aromatic N) is 1. The van der Waals surface area contributed by atoms with Crippen LogP contribution < -0.4 is 20.7 Å². The van der Waals surface area contributed by atoms with Crippen molar-refractivity contribution in [3.63, 3.8) is 0 Å². The van der Waals surface area contributed by atoms with E-state index in [0.717, 1.165) is 4.88 Å². The van der Waals surface area contributed by atoms with Gasteiger partial charge in [0.25, 0.3) is 5.91 Å². The molecule has 28 heavy (non-hydrogen) atoms. The third kappa shape index (κ3) is 7.03. The molecule has 7 nitrogen and oxygen atoms in total. The summed E-state index contributed by atoms with van der Waals surface area (Å²) >= 11 is 7.23. The molecule has 2 aromatic rings. The van der Waals surface area contributed by atoms with Gasteiger partial charge in [-0.1, -0.05) is 11.6 Å². The van der Waals surface area contributed by atoms with Gasteiger partial charge in [0.15, 0.2) is 5.96 Å². The van der Waals surface area contributed by atoms with E-state index in [0.29, 0.717) is 41.2 Å². The maximum absolute atomic E-state index is 12.1. The number of carbonyl (C=O) groups is 1. The minimum Gasteiger partial charge on any atom is -0.497 e. The lowest BCUT2D eigenvalue weighted by molar-refractivity contribution is 0.0954. The van der Waals surface area contributed by atoms with Gasteiger partial charge >= 0.3 is 0 Å². The average Bonchev–Trinajstić information content (AvgIpc) is 3.15. The van der Waals surface area contributed by atoms with Crippen LogP contribution in [0.1, 0.15) is 28.3 Å². The molecule has 1 amide bonds. The first-order chi connectivity index (χ1) is 13.5. The van der Waals surface area contributed by atoms with Crippen LogP contribution in [0.5, 0.6) is 5.75 Å². The summed E-state index contributed by atoms with van der Waals surface area (Å²) < 4.78 is 5.72. The molecule has 4 N–H and O–H groups in total. The third-order valence-corrected chi connectivity index (χ3v) is 5.08. The molecule has 2 rings (SSSR count). The summed E-state index contributed by atoms with van der Waals surface area (Å²) in [6.07, 6.45) is -0.706. The molecule has 1 unspecified atom stereocenters. The Labute approximate surface area is 173 Å². The van der Waals surface area contributed by atoms with Gasteiger partial charge < -0.3 is 25.8 Å². The van der Waals surface area contributed by atoms with Crippen molar-refractivity contribution in [2.45, 2.75) is 13.0 Å². The summed E-state index contributed by atoms with van der Waals surface area (Å²) in [6, 6.07) is 10.5. The van der Waals surface area contributed by atoms with Crippen molar-refractivity contribution in [3.05, 3.63) is 51.2 Å². The lowest BCUT2D eigenvalue weighted by Crippen LogP contribution is -2.41. The molecule has 1 heterocycles. The van der Waals surface area contributed by atoms with Gasteiger partial charge in [-0.15, -0.1) is 11.3 Å². The average molecular weight is 425 g/mol. The number of aliphatic hydroxyl groups is 1. The van der Waals surface area contributed by atoms with E-state index in [9.17, 15) is 9.90 Å². The summed E-state index contributed by atoms with van der Waals surface area (Å²) in [4.78, 5) is 17.3. The highest BCUT2D eigenvalue weighted by Crippen LogP contribution is 2.26. The second kappa shape index (κ2) is 11.5. The van der Waals surface area contributed by atoms with Gasteiger partial charge in [0.05, 0.1) is 18.0 Å². The molecule has 0 radical (unpaired) electrons. The zero-order valence-electron chi connectivity index (χ0n) is 15.9. The zero-order valence-corrected chi connectivity index (χ0v) is 17.4. The van der Waals surface area contributed by atoms with E-state index in [1.807, 2.05) is 6.92 Å². The molecular formula is C19H25ClN4O3S. The van der Waals surface area contributed by atoms with E-state index in [4.69, 9.17) is 16.3 Å². The van der Waals surface area contributed by atoms with E-state index in [-0.39, 0.29) is 12.5 Å². The van der Waals surface area contributed by atoms with Crippen molar-refractivity contribution in [1.82, 2.24) is 16.0 Å². The molecule has 0 saturated carbocycles. The fourth-order valence-corrected chi connectivity index (χ4v) is 3.36. The molecule has 0 aliphatic rings. The van der Waals surface area contributed by atoms with Crippen LogP contribution in [0.15, 0.2) is 41.4 Å². The molecule has 0 bridgehead atoms. The number of hydrogen-bond acceptors (Lipinski definition) is 5. The first-order valence-corrected chi connectivity index (χ1v) is 10.1. The maximum Gasteiger partial charge on any atom is 0.251 e. The maximum atomic E-state index is 12.1. The highest BCUT2D eigenvalue weighted by Gasteiger charge is 2.10. The summed E-state index contributed by atoms with van der Waals surface area (Å²) in [7, 11) is 1.58. The molecule has 9 heteroatoms. The standard InChI is InChI=1S/C19H25ClN4O3S/c1-3-21-19(24-12-15(25)16-8-9-17(20)28-16)23-11-10-22-18(26)13-4-6-14(27-2)7-5-13/h4-9,15,25H,3,10-12H2,1-2H3,(H,22,26)(H2,21,23,24). The molecule has 0 saturated heterocycles. The van der Waals surface area contributed by atoms with Gasteiger partial charge in [0, 0.05) is 30.1 Å². The Balaban J connectivity index is 1.77. The number of aliphatic imine (C=N–C) groups is 1. The number of ether oxygens (including phenoxy) is 1. The number of methoxy groups -OCH3 is 1. The molecule has 0 aliphatic heterocycles. The number of amides is 1. The van der Waals surface area contributed by atoms with Crippen LogP contribution in [0.4, 0.5) is 0 Å². The summed E-state index contributed by atoms with van der Waals surface area (Å²) in [6.45, 7) is 3.78. The number of guanidine groups is 1. The quantitative estimate of drug-likeness (QED) is 0.282. The first kappa shape index (κ1) is 22.0. The molecular weight excluding hydrogens is 400 g/mol. The molecule has 0 fully saturated rings. The predicted molar refractivity (Wildman–Crippen MR) is 114 cm³/mol. The SMILES string of the molecule is CCNC(=NCC(O)c1ccc(Cl)s1)NCCNC(=O)c1ccc(OC)cc1. The molecule has 1 aromatic heterocycles. The number of benzene rings is 1. The Morgan fingerprint density at radius 3 is 2.50 bits per heavy atom. The Morgan fingerprint density at radius 2 is 1.89 bits per heavy atom. The van der Waals surface area contributed by atoms with Crippen molar-refractivity contribution >= 4 is 34.8 Å². The largest absolute Gasteiger partial charge is 0.497 e. The highest BCUT2D eigenvalue weighted by molar-refractivity contribution is 7.16. The third-order valence-electron chi connectivity index (χ3n) is 3.74. The zero-order chi connectivity index (χ0) is 20.4. The fraction of sp³-hybridized carbons (Fsp3) is 0.368. The number of thiophene rings is 1. The number of hydrogen-bond donors (Lipinski definition) is 4. The molecule has 0 aliphatic carbocycles. The number of halogens is 1. The van der Waals surface area contributed by atoms with E-state index >= 15 is 0 Å². The minimum atomic E-state index is -0.706. The fourth-order valence-electron chi connectivity index (χ4n) is 2.32. The van der Waals surface area contributed by atoms with Crippen LogP contribution in [0.25, 0.3) is 0 Å². The van der Waals surface area contributed by atoms with E-state index in [1.165, 1.54) is 11.3 Å². The van der Waals surface area contributed by atoms with Gasteiger partial charge in [-0.05, 0) is 43.3 Å². The van der Waals surface area contributed by atoms with Crippen molar-refractivity contribution in [2.24, 2.45) is 4.99 Å². The lowest BCUT2D eigenvalue weighted by atomic mass is 10.2. The van der Waals surface area contributed by atoms with Crippen molar-refractivity contribution in [2.75, 3.05) is 33.3 Å². The number of rotatable bonds is 9. The molecule has 152 valence electrons. The Kier molecular flexibility index (Phi) is 9.06. The summed E-state index contributed by atoms with van der Waals surface area (Å²) in [5.74, 6) is 1.12. The van der Waals surface area contributed by atoms with E-state index in [2.05, 4.69) is 20.9 Å². The van der Waals surface area contributed by atoms with Crippen LogP contribution in [0.3, 0.4) is 0 Å². The van der Waals surface area contributed by atoms with Crippen LogP contribution in [0.2, 0.25) is 4.34 Å². The van der Waals surface area contributed by atoms with E-state index < -0.39 is 6.10 Å². The number of aliphatic hydroxyl groups excluding tert-OH is 1. The van der Waals surface area contributed by atoms with Crippen molar-refractivity contribution < 1.29 is 14.6 Å². The monoisotopic (exact) mass is 424 g/mol. The van der Waals surface area contributed by atoms with Gasteiger partial charge in [0.1, 0.15) is 11.9 Å². The Morgan fingerprint density at radius 1 is 1.18 bits per heavy atom. The number of nitrogens with one attached hydrogen (secondary N) is 3. The summed E-state index contributed by atoms with van der Waals surface area (Å²) in [5, 5.41) is 19.3. The van der Waals surface area contributed by atoms with Crippen LogP contribution in [-0.2, 0) is 0 Å². The van der Waals surface area contributed by atoms with Crippen LogP contribution in [0, 0.1) is 0 Å². The second-order valence-electron chi connectivity index (χ2n) is 5.79. The molecule has 0 spiro atoms. The summed E-state index contributed by atoms with van der Waals surface area (Å²) in [5.41, 5.74) is 0.569. The van der Waals surface area contributed by atoms with Crippen molar-refractivity contribution in [1.29, 1.82) is 0 Å². The topological polar surface area (TPSA) is 95.0 Å². The van der Waals surface area contributed by atoms with Crippen LogP contribution in [-0.4, -0.2) is 50.3 Å². The van der Waals surface area contributed by atoms with E-state index in [1.54, 1.807) is 43.5 Å². The van der Waals surface area contributed by atoms with Gasteiger partial charge in [-0.25, -0.2) is 0 Å². The first-order valence-electron chi connectivity index (χ1n) is 8.91. The Hall–Kier alpha value is -2.29. The lowest BCUT2D eigenvalue weighted by Gasteiger charge is -2.13. The smallest absolute Gasteiger partial charge is 0.251 e. The normalized spacial score (nSPS) is 12.4. The van der Waals surface area contributed by atoms with Crippen LogP contribution >= 0.6 is 22.9 Å². The van der Waals surface area contributed by atoms with Gasteiger partial charge in [-0.3, -0.25) is 9.79 Å². The van der Waals surface area contributed by atoms with Gasteiger partial charge in [0.2, 0.25) is 0 Å². The van der Waals surface area contributed by atoms with Gasteiger partial charge in [-0.2, -0.15) is 0 Å². The molecule has 1 atom stereocenters. The highest BCUT2D eigenvalue weighted by atomic mass is 35.5. The van der Waals surface area contributed by atoms with Crippen molar-refractivity contribution in [3.8, 4) is 5.75 Å². The predicted octanol–water partition coefficient (Wildman–Crippen LogP) is 2.43. The minimum absolute atomic E-state index is 0.156. The number of carbonyl (C=O) groups excluding carboxylic acids is 1. The Bertz CT molecular complexity index is 780. The molecule has 1 aromatic carbocycles.